The molecule has 31 heavy (non-hydrogen) atoms. The minimum Gasteiger partial charge on any atom is -0.454 e. The van der Waals surface area contributed by atoms with Crippen LogP contribution in [-0.4, -0.2) is 20.7 Å². The van der Waals surface area contributed by atoms with Gasteiger partial charge in [0.05, 0.1) is 21.1 Å². The lowest BCUT2D eigenvalue weighted by Crippen LogP contribution is -2.33. The molecule has 1 fully saturated rings. The Morgan fingerprint density at radius 1 is 1.13 bits per heavy atom. The van der Waals surface area contributed by atoms with E-state index in [1.54, 1.807) is 24.3 Å². The minimum absolute atomic E-state index is 0.00403. The summed E-state index contributed by atoms with van der Waals surface area (Å²) in [6, 6.07) is 9.59. The van der Waals surface area contributed by atoms with Gasteiger partial charge in [0, 0.05) is 5.69 Å². The van der Waals surface area contributed by atoms with Gasteiger partial charge in [-0.05, 0) is 48.7 Å². The zero-order valence-corrected chi connectivity index (χ0v) is 17.0. The summed E-state index contributed by atoms with van der Waals surface area (Å²) in [5.41, 5.74) is -0.912. The van der Waals surface area contributed by atoms with E-state index >= 15 is 0 Å². The molecule has 1 spiro atoms. The number of aromatic nitrogens is 3. The summed E-state index contributed by atoms with van der Waals surface area (Å²) in [4.78, 5) is 37.8. The van der Waals surface area contributed by atoms with E-state index in [4.69, 9.17) is 33.2 Å². The molecule has 1 aliphatic carbocycles. The Balaban J connectivity index is 1.52. The molecule has 3 aromatic rings. The summed E-state index contributed by atoms with van der Waals surface area (Å²) >= 11 is 12.7. The first-order chi connectivity index (χ1) is 14.8. The fraction of sp³-hybridized carbons (Fsp3) is 0.150. The minimum atomic E-state index is -0.890. The number of H-pyrrole nitrogens is 1. The summed E-state index contributed by atoms with van der Waals surface area (Å²) in [6.45, 7) is 0. The van der Waals surface area contributed by atoms with Gasteiger partial charge in [-0.3, -0.25) is 14.6 Å². The summed E-state index contributed by atoms with van der Waals surface area (Å²) in [6.07, 6.45) is 1.58. The van der Waals surface area contributed by atoms with Crippen molar-refractivity contribution < 1.29 is 9.53 Å². The van der Waals surface area contributed by atoms with Gasteiger partial charge in [-0.1, -0.05) is 23.2 Å². The molecule has 154 valence electrons. The van der Waals surface area contributed by atoms with Crippen LogP contribution in [0.4, 0.5) is 5.69 Å². The second kappa shape index (κ2) is 6.70. The Kier molecular flexibility index (Phi) is 4.18. The van der Waals surface area contributed by atoms with Gasteiger partial charge < -0.3 is 10.1 Å². The molecule has 0 unspecified atom stereocenters. The third-order valence-electron chi connectivity index (χ3n) is 5.32. The monoisotopic (exact) mass is 455 g/mol. The molecule has 5 rings (SSSR count). The molecule has 11 heteroatoms. The third kappa shape index (κ3) is 3.00. The fourth-order valence-electron chi connectivity index (χ4n) is 3.61. The van der Waals surface area contributed by atoms with Crippen LogP contribution >= 0.6 is 23.2 Å². The molecule has 1 aromatic heterocycles. The molecule has 2 heterocycles. The first-order valence-corrected chi connectivity index (χ1v) is 9.85. The quantitative estimate of drug-likeness (QED) is 0.624. The summed E-state index contributed by atoms with van der Waals surface area (Å²) in [5.74, 6) is 0.590. The van der Waals surface area contributed by atoms with Gasteiger partial charge in [-0.15, -0.1) is 5.10 Å². The van der Waals surface area contributed by atoms with Crippen LogP contribution in [0, 0.1) is 11.3 Å². The van der Waals surface area contributed by atoms with Crippen LogP contribution in [0.5, 0.6) is 11.5 Å². The van der Waals surface area contributed by atoms with Crippen LogP contribution in [0.1, 0.15) is 24.1 Å². The van der Waals surface area contributed by atoms with Gasteiger partial charge >= 0.3 is 5.69 Å². The van der Waals surface area contributed by atoms with Crippen LogP contribution in [0.25, 0.3) is 5.69 Å². The average molecular weight is 456 g/mol. The number of hydrogen-bond donors (Lipinski definition) is 2. The van der Waals surface area contributed by atoms with E-state index in [-0.39, 0.29) is 27.4 Å². The number of ether oxygens (including phenoxy) is 1. The third-order valence-corrected chi connectivity index (χ3v) is 5.88. The second-order valence-corrected chi connectivity index (χ2v) is 8.03. The van der Waals surface area contributed by atoms with E-state index in [0.29, 0.717) is 5.75 Å². The topological polar surface area (TPSA) is 130 Å². The maximum absolute atomic E-state index is 12.2. The molecule has 2 aromatic carbocycles. The van der Waals surface area contributed by atoms with Crippen LogP contribution in [0.15, 0.2) is 39.9 Å². The highest BCUT2D eigenvalue weighted by Crippen LogP contribution is 2.56. The molecule has 0 atom stereocenters. The average Bonchev–Trinajstić information content (AvgIpc) is 3.48. The van der Waals surface area contributed by atoms with Crippen molar-refractivity contribution in [1.29, 1.82) is 5.26 Å². The highest BCUT2D eigenvalue weighted by molar-refractivity contribution is 6.37. The van der Waals surface area contributed by atoms with Crippen molar-refractivity contribution in [3.63, 3.8) is 0 Å². The molecule has 2 aliphatic rings. The van der Waals surface area contributed by atoms with Gasteiger partial charge in [-0.2, -0.15) is 9.94 Å². The Hall–Kier alpha value is -3.61. The predicted octanol–water partition coefficient (Wildman–Crippen LogP) is 2.88. The van der Waals surface area contributed by atoms with E-state index in [1.165, 1.54) is 12.1 Å². The van der Waals surface area contributed by atoms with Gasteiger partial charge in [0.15, 0.2) is 5.75 Å². The highest BCUT2D eigenvalue weighted by atomic mass is 35.5. The molecule has 1 aliphatic heterocycles. The lowest BCUT2D eigenvalue weighted by Gasteiger charge is -2.13. The number of amides is 1. The molecular weight excluding hydrogens is 445 g/mol. The predicted molar refractivity (Wildman–Crippen MR) is 111 cm³/mol. The number of aromatic amines is 1. The SMILES string of the molecule is N#Cc1nn(-c2cc(Cl)c(Oc3ccc4c(c3)C3(CC3)C(=O)N4)c(Cl)c2)c(=O)[nH]c1=O. The van der Waals surface area contributed by atoms with E-state index in [0.717, 1.165) is 28.8 Å². The molecule has 1 amide bonds. The van der Waals surface area contributed by atoms with E-state index in [1.807, 2.05) is 4.98 Å². The van der Waals surface area contributed by atoms with E-state index in [2.05, 4.69) is 10.4 Å². The molecule has 0 bridgehead atoms. The van der Waals surface area contributed by atoms with E-state index < -0.39 is 22.4 Å². The van der Waals surface area contributed by atoms with Crippen molar-refractivity contribution >= 4 is 34.8 Å². The zero-order valence-electron chi connectivity index (χ0n) is 15.5. The normalized spacial score (nSPS) is 15.3. The van der Waals surface area contributed by atoms with Gasteiger partial charge in [0.2, 0.25) is 11.6 Å². The molecule has 0 radical (unpaired) electrons. The van der Waals surface area contributed by atoms with Crippen molar-refractivity contribution in [3.8, 4) is 23.3 Å². The number of halogens is 2. The summed E-state index contributed by atoms with van der Waals surface area (Å²) in [7, 11) is 0. The van der Waals surface area contributed by atoms with Gasteiger partial charge in [0.25, 0.3) is 5.56 Å². The Morgan fingerprint density at radius 3 is 2.48 bits per heavy atom. The zero-order chi connectivity index (χ0) is 21.9. The largest absolute Gasteiger partial charge is 0.454 e. The number of benzene rings is 2. The summed E-state index contributed by atoms with van der Waals surface area (Å²) in [5, 5.41) is 15.7. The Bertz CT molecular complexity index is 1430. The number of fused-ring (bicyclic) bond motifs is 2. The number of nitrogens with one attached hydrogen (secondary N) is 2. The molecule has 1 saturated carbocycles. The lowest BCUT2D eigenvalue weighted by molar-refractivity contribution is -0.117. The number of nitrogens with zero attached hydrogens (tertiary/aromatic N) is 3. The van der Waals surface area contributed by atoms with Crippen LogP contribution in [0.2, 0.25) is 10.0 Å². The van der Waals surface area contributed by atoms with Gasteiger partial charge in [-0.25, -0.2) is 4.79 Å². The molecule has 0 saturated heterocycles. The number of hydrogen-bond acceptors (Lipinski definition) is 6. The van der Waals surface area contributed by atoms with Crippen molar-refractivity contribution in [2.75, 3.05) is 5.32 Å². The lowest BCUT2D eigenvalue weighted by atomic mass is 9.98. The molecule has 2 N–H and O–H groups in total. The maximum Gasteiger partial charge on any atom is 0.349 e. The summed E-state index contributed by atoms with van der Waals surface area (Å²) < 4.78 is 6.70. The highest BCUT2D eigenvalue weighted by Gasteiger charge is 2.56. The Labute approximate surface area is 183 Å². The van der Waals surface area contributed by atoms with Crippen LogP contribution in [-0.2, 0) is 10.2 Å². The number of anilines is 1. The number of carbonyl (C=O) groups is 1. The van der Waals surface area contributed by atoms with Crippen molar-refractivity contribution in [3.05, 3.63) is 72.5 Å². The van der Waals surface area contributed by atoms with E-state index in [9.17, 15) is 14.4 Å². The smallest absolute Gasteiger partial charge is 0.349 e. The maximum atomic E-state index is 12.2. The molecule has 9 nitrogen and oxygen atoms in total. The molecular formula is C20H11Cl2N5O4. The van der Waals surface area contributed by atoms with Crippen molar-refractivity contribution in [1.82, 2.24) is 14.8 Å². The first kappa shape index (κ1) is 19.4. The second-order valence-electron chi connectivity index (χ2n) is 7.22. The van der Waals surface area contributed by atoms with Crippen LogP contribution in [0.3, 0.4) is 0 Å². The number of nitriles is 1. The fourth-order valence-corrected chi connectivity index (χ4v) is 4.16. The number of rotatable bonds is 3. The van der Waals surface area contributed by atoms with Crippen molar-refractivity contribution in [2.24, 2.45) is 0 Å². The van der Waals surface area contributed by atoms with Crippen molar-refractivity contribution in [2.45, 2.75) is 18.3 Å². The van der Waals surface area contributed by atoms with Gasteiger partial charge in [0.1, 0.15) is 11.8 Å². The number of carbonyl (C=O) groups excluding carboxylic acids is 1. The Morgan fingerprint density at radius 2 is 1.84 bits per heavy atom. The standard InChI is InChI=1S/C20H11Cl2N5O4/c21-12-5-9(27-19(30)25-17(28)15(8-23)26-27)6-13(22)16(12)31-10-1-2-14-11(7-10)20(3-4-20)18(29)24-14/h1-2,5-7H,3-4H2,(H,24,29)(H,25,28,30). The van der Waals surface area contributed by atoms with Crippen LogP contribution < -0.4 is 21.3 Å². The first-order valence-electron chi connectivity index (χ1n) is 9.09.